The van der Waals surface area contributed by atoms with Gasteiger partial charge in [-0.2, -0.15) is 0 Å². The first-order valence-corrected chi connectivity index (χ1v) is 8.10. The quantitative estimate of drug-likeness (QED) is 0.569. The minimum Gasteiger partial charge on any atom is -0.121 e. The van der Waals surface area contributed by atoms with Crippen molar-refractivity contribution in [1.29, 1.82) is 0 Å². The summed E-state index contributed by atoms with van der Waals surface area (Å²) in [6, 6.07) is 31.1. The molecule has 3 aromatic carbocycles. The highest BCUT2D eigenvalue weighted by Gasteiger charge is 2.00. The first-order chi connectivity index (χ1) is 10.4. The maximum absolute atomic E-state index is 3.53. The molecule has 21 heavy (non-hydrogen) atoms. The van der Waals surface area contributed by atoms with Crippen molar-refractivity contribution in [3.8, 4) is 0 Å². The predicted molar refractivity (Wildman–Crippen MR) is 90.5 cm³/mol. The van der Waals surface area contributed by atoms with Crippen molar-refractivity contribution in [2.75, 3.05) is 0 Å². The molecule has 0 saturated heterocycles. The highest BCUT2D eigenvalue weighted by atomic mass is 32.2. The zero-order chi connectivity index (χ0) is 14.3. The lowest BCUT2D eigenvalue weighted by molar-refractivity contribution is 1.16. The van der Waals surface area contributed by atoms with Crippen molar-refractivity contribution in [2.45, 2.75) is 17.1 Å². The maximum Gasteiger partial charge on any atom is 0.0232 e. The fourth-order valence-corrected chi connectivity index (χ4v) is 3.12. The Morgan fingerprint density at radius 1 is 0.667 bits per heavy atom. The summed E-state index contributed by atoms with van der Waals surface area (Å²) in [4.78, 5) is 1.22. The van der Waals surface area contributed by atoms with Crippen molar-refractivity contribution in [1.82, 2.24) is 0 Å². The second-order valence-electron chi connectivity index (χ2n) is 4.98. The molecule has 0 fully saturated rings. The molecule has 0 unspecified atom stereocenters. The third-order valence-electron chi connectivity index (χ3n) is 3.30. The third-order valence-corrected chi connectivity index (χ3v) is 4.33. The average molecular weight is 289 g/mol. The van der Waals surface area contributed by atoms with Gasteiger partial charge >= 0.3 is 0 Å². The van der Waals surface area contributed by atoms with Gasteiger partial charge in [0, 0.05) is 16.7 Å². The molecule has 3 aromatic rings. The van der Waals surface area contributed by atoms with Crippen LogP contribution in [0, 0.1) is 6.07 Å². The molecule has 0 aliphatic carbocycles. The first-order valence-electron chi connectivity index (χ1n) is 7.12. The summed E-state index contributed by atoms with van der Waals surface area (Å²) >= 11 is 1.84. The first kappa shape index (κ1) is 14.0. The summed E-state index contributed by atoms with van der Waals surface area (Å²) in [5, 5.41) is 0. The molecule has 1 heteroatoms. The van der Waals surface area contributed by atoms with Crippen LogP contribution < -0.4 is 0 Å². The van der Waals surface area contributed by atoms with Crippen LogP contribution in [0.5, 0.6) is 0 Å². The average Bonchev–Trinajstić information content (AvgIpc) is 2.55. The van der Waals surface area contributed by atoms with Crippen LogP contribution in [0.3, 0.4) is 0 Å². The molecule has 0 amide bonds. The van der Waals surface area contributed by atoms with Gasteiger partial charge in [0.15, 0.2) is 0 Å². The molecule has 1 radical (unpaired) electrons. The van der Waals surface area contributed by atoms with Gasteiger partial charge in [0.2, 0.25) is 0 Å². The van der Waals surface area contributed by atoms with E-state index in [1.165, 1.54) is 21.6 Å². The fraction of sp³-hybridized carbons (Fsp3) is 0.100. The molecule has 0 atom stereocenters. The second kappa shape index (κ2) is 7.14. The Kier molecular flexibility index (Phi) is 4.75. The van der Waals surface area contributed by atoms with Crippen molar-refractivity contribution in [3.63, 3.8) is 0 Å². The highest BCUT2D eigenvalue weighted by molar-refractivity contribution is 7.98. The van der Waals surface area contributed by atoms with Crippen molar-refractivity contribution < 1.29 is 0 Å². The molecule has 0 aliphatic heterocycles. The second-order valence-corrected chi connectivity index (χ2v) is 5.99. The lowest BCUT2D eigenvalue weighted by atomic mass is 10.1. The van der Waals surface area contributed by atoms with Crippen molar-refractivity contribution >= 4 is 11.8 Å². The van der Waals surface area contributed by atoms with Crippen LogP contribution in [0.15, 0.2) is 83.8 Å². The fourth-order valence-electron chi connectivity index (χ4n) is 2.23. The van der Waals surface area contributed by atoms with E-state index in [9.17, 15) is 0 Å². The van der Waals surface area contributed by atoms with E-state index < -0.39 is 0 Å². The SMILES string of the molecule is [c]1c(Cc2ccccc2)cccc1SCc1ccccc1. The van der Waals surface area contributed by atoms with Gasteiger partial charge in [0.05, 0.1) is 0 Å². The highest BCUT2D eigenvalue weighted by Crippen LogP contribution is 2.23. The lowest BCUT2D eigenvalue weighted by Crippen LogP contribution is -1.88. The van der Waals surface area contributed by atoms with Gasteiger partial charge in [-0.15, -0.1) is 11.8 Å². The molecule has 0 heterocycles. The van der Waals surface area contributed by atoms with E-state index >= 15 is 0 Å². The number of benzene rings is 3. The van der Waals surface area contributed by atoms with Crippen LogP contribution in [-0.2, 0) is 12.2 Å². The van der Waals surface area contributed by atoms with Crippen LogP contribution in [0.2, 0.25) is 0 Å². The van der Waals surface area contributed by atoms with Crippen LogP contribution >= 0.6 is 11.8 Å². The van der Waals surface area contributed by atoms with Crippen molar-refractivity contribution in [2.24, 2.45) is 0 Å². The maximum atomic E-state index is 3.53. The van der Waals surface area contributed by atoms with Gasteiger partial charge in [-0.3, -0.25) is 0 Å². The third kappa shape index (κ3) is 4.24. The Hall–Kier alpha value is -1.99. The molecule has 3 rings (SSSR count). The summed E-state index contributed by atoms with van der Waals surface area (Å²) in [5.74, 6) is 0.992. The van der Waals surface area contributed by atoms with Gasteiger partial charge in [0.25, 0.3) is 0 Å². The Balaban J connectivity index is 1.66. The largest absolute Gasteiger partial charge is 0.121 e. The van der Waals surface area contributed by atoms with E-state index in [1.807, 2.05) is 11.8 Å². The summed E-state index contributed by atoms with van der Waals surface area (Å²) in [5.41, 5.74) is 3.93. The number of hydrogen-bond acceptors (Lipinski definition) is 1. The minimum absolute atomic E-state index is 0.945. The Morgan fingerprint density at radius 2 is 1.33 bits per heavy atom. The van der Waals surface area contributed by atoms with E-state index in [1.54, 1.807) is 0 Å². The van der Waals surface area contributed by atoms with E-state index in [4.69, 9.17) is 0 Å². The van der Waals surface area contributed by atoms with E-state index in [-0.39, 0.29) is 0 Å². The molecule has 0 nitrogen and oxygen atoms in total. The van der Waals surface area contributed by atoms with Gasteiger partial charge in [-0.25, -0.2) is 0 Å². The minimum atomic E-state index is 0.945. The molecule has 103 valence electrons. The zero-order valence-corrected chi connectivity index (χ0v) is 12.6. The Morgan fingerprint density at radius 3 is 2.05 bits per heavy atom. The van der Waals surface area contributed by atoms with E-state index in [0.717, 1.165) is 12.2 Å². The van der Waals surface area contributed by atoms with Gasteiger partial charge in [-0.05, 0) is 29.2 Å². The molecule has 0 saturated carbocycles. The van der Waals surface area contributed by atoms with Gasteiger partial charge in [-0.1, -0.05) is 72.8 Å². The molecule has 0 aliphatic rings. The molecular formula is C20H17S. The lowest BCUT2D eigenvalue weighted by Gasteiger charge is -2.05. The Bertz CT molecular complexity index is 674. The molecular weight excluding hydrogens is 272 g/mol. The van der Waals surface area contributed by atoms with E-state index in [2.05, 4.69) is 84.9 Å². The van der Waals surface area contributed by atoms with E-state index in [0.29, 0.717) is 0 Å². The standard InChI is InChI=1S/C20H17S/c1-3-8-17(9-4-1)14-19-12-7-13-20(15-19)21-16-18-10-5-2-6-11-18/h1-13H,14,16H2. The topological polar surface area (TPSA) is 0 Å². The molecule has 0 N–H and O–H groups in total. The molecule has 0 aromatic heterocycles. The molecule has 0 bridgehead atoms. The summed E-state index contributed by atoms with van der Waals surface area (Å²) in [6.07, 6.45) is 0.945. The predicted octanol–water partition coefficient (Wildman–Crippen LogP) is 5.37. The monoisotopic (exact) mass is 289 g/mol. The number of thioether (sulfide) groups is 1. The van der Waals surface area contributed by atoms with Crippen LogP contribution in [0.1, 0.15) is 16.7 Å². The normalized spacial score (nSPS) is 10.5. The smallest absolute Gasteiger partial charge is 0.0232 e. The van der Waals surface area contributed by atoms with Crippen LogP contribution in [0.4, 0.5) is 0 Å². The van der Waals surface area contributed by atoms with Gasteiger partial charge < -0.3 is 0 Å². The summed E-state index contributed by atoms with van der Waals surface area (Å²) < 4.78 is 0. The Labute approximate surface area is 130 Å². The number of rotatable bonds is 5. The molecule has 0 spiro atoms. The number of hydrogen-bond donors (Lipinski definition) is 0. The van der Waals surface area contributed by atoms with Crippen LogP contribution in [0.25, 0.3) is 0 Å². The summed E-state index contributed by atoms with van der Waals surface area (Å²) in [6.45, 7) is 0. The van der Waals surface area contributed by atoms with Crippen molar-refractivity contribution in [3.05, 3.63) is 102 Å². The van der Waals surface area contributed by atoms with Crippen LogP contribution in [-0.4, -0.2) is 0 Å². The summed E-state index contributed by atoms with van der Waals surface area (Å²) in [7, 11) is 0. The zero-order valence-electron chi connectivity index (χ0n) is 11.8. The van der Waals surface area contributed by atoms with Gasteiger partial charge in [0.1, 0.15) is 0 Å².